The van der Waals surface area contributed by atoms with Gasteiger partial charge in [0.25, 0.3) is 0 Å². The number of halogens is 1. The van der Waals surface area contributed by atoms with Crippen molar-refractivity contribution in [1.29, 1.82) is 0 Å². The van der Waals surface area contributed by atoms with Gasteiger partial charge in [-0.2, -0.15) is 0 Å². The van der Waals surface area contributed by atoms with E-state index < -0.39 is 5.41 Å². The third-order valence-corrected chi connectivity index (χ3v) is 6.63. The Labute approximate surface area is 173 Å². The molecule has 4 heteroatoms. The summed E-state index contributed by atoms with van der Waals surface area (Å²) in [5.74, 6) is -0.211. The van der Waals surface area contributed by atoms with E-state index in [1.807, 2.05) is 18.2 Å². The normalized spacial score (nSPS) is 14.9. The Bertz CT molecular complexity index is 1360. The van der Waals surface area contributed by atoms with Gasteiger partial charge in [-0.15, -0.1) is 0 Å². The molecular formula is C26H22FN3. The molecular weight excluding hydrogens is 373 g/mol. The number of aromatic nitrogens is 2. The van der Waals surface area contributed by atoms with E-state index in [0.717, 1.165) is 33.7 Å². The highest BCUT2D eigenvalue weighted by Gasteiger charge is 2.47. The molecule has 2 aromatic heterocycles. The predicted molar refractivity (Wildman–Crippen MR) is 121 cm³/mol. The van der Waals surface area contributed by atoms with Crippen molar-refractivity contribution < 1.29 is 4.39 Å². The van der Waals surface area contributed by atoms with E-state index in [4.69, 9.17) is 0 Å². The van der Waals surface area contributed by atoms with E-state index in [9.17, 15) is 4.39 Å². The van der Waals surface area contributed by atoms with Gasteiger partial charge in [-0.3, -0.25) is 0 Å². The van der Waals surface area contributed by atoms with Crippen molar-refractivity contribution in [3.05, 3.63) is 101 Å². The number of rotatable bonds is 2. The molecule has 0 amide bonds. The molecule has 148 valence electrons. The van der Waals surface area contributed by atoms with Crippen molar-refractivity contribution in [3.8, 4) is 0 Å². The molecule has 0 saturated heterocycles. The summed E-state index contributed by atoms with van der Waals surface area (Å²) >= 11 is 0. The van der Waals surface area contributed by atoms with Crippen LogP contribution in [-0.2, 0) is 5.41 Å². The van der Waals surface area contributed by atoms with Gasteiger partial charge >= 0.3 is 0 Å². The average molecular weight is 395 g/mol. The van der Waals surface area contributed by atoms with Gasteiger partial charge in [-0.1, -0.05) is 36.4 Å². The highest BCUT2D eigenvalue weighted by molar-refractivity contribution is 5.94. The van der Waals surface area contributed by atoms with E-state index in [-0.39, 0.29) is 5.82 Å². The second kappa shape index (κ2) is 5.99. The molecule has 0 radical (unpaired) electrons. The van der Waals surface area contributed by atoms with Crippen molar-refractivity contribution in [2.75, 3.05) is 11.9 Å². The number of para-hydroxylation sites is 2. The summed E-state index contributed by atoms with van der Waals surface area (Å²) in [4.78, 5) is 7.14. The topological polar surface area (TPSA) is 43.6 Å². The fourth-order valence-electron chi connectivity index (χ4n) is 5.57. The Hall–Kier alpha value is -3.53. The third-order valence-electron chi connectivity index (χ3n) is 6.63. The van der Waals surface area contributed by atoms with E-state index in [0.29, 0.717) is 6.54 Å². The number of hydrogen-bond acceptors (Lipinski definition) is 1. The standard InChI is InChI=1S/C26H22FN3/c1-15-24(18-7-3-5-9-21(18)29-15)26(14-28-23-12-11-17(27)13-20(23)26)25-16(2)30-22-10-6-4-8-19(22)25/h3-13,28-30H,14H2,1-2H3. The fraction of sp³-hybridized carbons (Fsp3) is 0.154. The van der Waals surface area contributed by atoms with Crippen LogP contribution in [0.15, 0.2) is 66.7 Å². The number of fused-ring (bicyclic) bond motifs is 3. The van der Waals surface area contributed by atoms with Gasteiger partial charge in [0.1, 0.15) is 5.82 Å². The molecule has 6 rings (SSSR count). The molecule has 1 aliphatic heterocycles. The number of nitrogens with one attached hydrogen (secondary N) is 3. The number of benzene rings is 3. The molecule has 3 heterocycles. The Morgan fingerprint density at radius 3 is 1.93 bits per heavy atom. The minimum Gasteiger partial charge on any atom is -0.383 e. The van der Waals surface area contributed by atoms with Crippen LogP contribution in [-0.4, -0.2) is 16.5 Å². The van der Waals surface area contributed by atoms with Gasteiger partial charge in [0.2, 0.25) is 0 Å². The molecule has 0 fully saturated rings. The minimum absolute atomic E-state index is 0.211. The quantitative estimate of drug-likeness (QED) is 0.329. The summed E-state index contributed by atoms with van der Waals surface area (Å²) in [5.41, 5.74) is 8.32. The molecule has 30 heavy (non-hydrogen) atoms. The molecule has 3 N–H and O–H groups in total. The zero-order valence-corrected chi connectivity index (χ0v) is 16.9. The van der Waals surface area contributed by atoms with E-state index in [2.05, 4.69) is 65.5 Å². The van der Waals surface area contributed by atoms with E-state index in [1.165, 1.54) is 28.0 Å². The van der Waals surface area contributed by atoms with Crippen molar-refractivity contribution in [2.45, 2.75) is 19.3 Å². The third kappa shape index (κ3) is 2.13. The van der Waals surface area contributed by atoms with Gasteiger partial charge in [0.15, 0.2) is 0 Å². The van der Waals surface area contributed by atoms with Gasteiger partial charge < -0.3 is 15.3 Å². The lowest BCUT2D eigenvalue weighted by atomic mass is 9.68. The molecule has 0 aliphatic carbocycles. The maximum atomic E-state index is 14.6. The maximum absolute atomic E-state index is 14.6. The highest BCUT2D eigenvalue weighted by atomic mass is 19.1. The first-order valence-corrected chi connectivity index (χ1v) is 10.3. The molecule has 0 unspecified atom stereocenters. The van der Waals surface area contributed by atoms with Crippen LogP contribution in [0.1, 0.15) is 28.1 Å². The van der Waals surface area contributed by atoms with Crippen LogP contribution < -0.4 is 5.32 Å². The Balaban J connectivity index is 1.82. The lowest BCUT2D eigenvalue weighted by Crippen LogP contribution is -2.33. The Kier molecular flexibility index (Phi) is 3.46. The zero-order chi connectivity index (χ0) is 20.5. The molecule has 0 spiro atoms. The molecule has 1 aliphatic rings. The number of H-pyrrole nitrogens is 2. The molecule has 5 aromatic rings. The summed E-state index contributed by atoms with van der Waals surface area (Å²) < 4.78 is 14.6. The number of aryl methyl sites for hydroxylation is 2. The summed E-state index contributed by atoms with van der Waals surface area (Å²) in [6.45, 7) is 4.92. The van der Waals surface area contributed by atoms with Crippen LogP contribution in [0, 0.1) is 19.7 Å². The number of hydrogen-bond donors (Lipinski definition) is 3. The first kappa shape index (κ1) is 17.3. The molecule has 3 nitrogen and oxygen atoms in total. The fourth-order valence-corrected chi connectivity index (χ4v) is 5.57. The van der Waals surface area contributed by atoms with Crippen LogP contribution in [0.25, 0.3) is 21.8 Å². The van der Waals surface area contributed by atoms with Crippen LogP contribution >= 0.6 is 0 Å². The largest absolute Gasteiger partial charge is 0.383 e. The van der Waals surface area contributed by atoms with Crippen LogP contribution in [0.5, 0.6) is 0 Å². The summed E-state index contributed by atoms with van der Waals surface area (Å²) in [6.07, 6.45) is 0. The summed E-state index contributed by atoms with van der Waals surface area (Å²) in [5, 5.41) is 5.94. The summed E-state index contributed by atoms with van der Waals surface area (Å²) in [7, 11) is 0. The van der Waals surface area contributed by atoms with Crippen LogP contribution in [0.4, 0.5) is 10.1 Å². The number of aromatic amines is 2. The van der Waals surface area contributed by atoms with E-state index >= 15 is 0 Å². The monoisotopic (exact) mass is 395 g/mol. The van der Waals surface area contributed by atoms with Gasteiger partial charge in [-0.25, -0.2) is 4.39 Å². The van der Waals surface area contributed by atoms with Crippen molar-refractivity contribution in [3.63, 3.8) is 0 Å². The van der Waals surface area contributed by atoms with Crippen LogP contribution in [0.2, 0.25) is 0 Å². The highest BCUT2D eigenvalue weighted by Crippen LogP contribution is 2.52. The first-order chi connectivity index (χ1) is 14.6. The average Bonchev–Trinajstić information content (AvgIpc) is 3.38. The van der Waals surface area contributed by atoms with Gasteiger partial charge in [0.05, 0.1) is 5.41 Å². The Morgan fingerprint density at radius 2 is 1.33 bits per heavy atom. The minimum atomic E-state index is -0.509. The molecule has 0 bridgehead atoms. The maximum Gasteiger partial charge on any atom is 0.123 e. The molecule has 0 atom stereocenters. The molecule has 3 aromatic carbocycles. The van der Waals surface area contributed by atoms with Crippen molar-refractivity contribution in [2.24, 2.45) is 0 Å². The Morgan fingerprint density at radius 1 is 0.767 bits per heavy atom. The number of anilines is 1. The summed E-state index contributed by atoms with van der Waals surface area (Å²) in [6, 6.07) is 21.9. The van der Waals surface area contributed by atoms with Gasteiger partial charge in [0, 0.05) is 45.4 Å². The van der Waals surface area contributed by atoms with Crippen LogP contribution in [0.3, 0.4) is 0 Å². The van der Waals surface area contributed by atoms with Crippen molar-refractivity contribution >= 4 is 27.5 Å². The zero-order valence-electron chi connectivity index (χ0n) is 16.9. The predicted octanol–water partition coefficient (Wildman–Crippen LogP) is 6.17. The molecule has 0 saturated carbocycles. The smallest absolute Gasteiger partial charge is 0.123 e. The van der Waals surface area contributed by atoms with Gasteiger partial charge in [-0.05, 0) is 60.9 Å². The lowest BCUT2D eigenvalue weighted by molar-refractivity contribution is 0.617. The SMILES string of the molecule is Cc1[nH]c2ccccc2c1C1(c2c(C)[nH]c3ccccc23)CNc2ccc(F)cc21. The second-order valence-electron chi connectivity index (χ2n) is 8.29. The first-order valence-electron chi connectivity index (χ1n) is 10.3. The second-order valence-corrected chi connectivity index (χ2v) is 8.29. The van der Waals surface area contributed by atoms with E-state index in [1.54, 1.807) is 6.07 Å². The lowest BCUT2D eigenvalue weighted by Gasteiger charge is -2.32. The van der Waals surface area contributed by atoms with Crippen molar-refractivity contribution in [1.82, 2.24) is 9.97 Å².